The van der Waals surface area contributed by atoms with Crippen LogP contribution in [0.25, 0.3) is 0 Å². The number of nitrogens with one attached hydrogen (secondary N) is 1. The molecule has 2 atom stereocenters. The van der Waals surface area contributed by atoms with E-state index in [4.69, 9.17) is 0 Å². The zero-order valence-electron chi connectivity index (χ0n) is 11.4. The number of hydrogen-bond donors (Lipinski definition) is 1. The predicted molar refractivity (Wildman–Crippen MR) is 80.1 cm³/mol. The van der Waals surface area contributed by atoms with Crippen molar-refractivity contribution >= 4 is 21.8 Å². The summed E-state index contributed by atoms with van der Waals surface area (Å²) >= 11 is 3.44. The van der Waals surface area contributed by atoms with Gasteiger partial charge in [-0.2, -0.15) is 0 Å². The summed E-state index contributed by atoms with van der Waals surface area (Å²) in [4.78, 5) is 11.8. The first-order chi connectivity index (χ1) is 8.54. The number of alkyl halides is 1. The van der Waals surface area contributed by atoms with Crippen molar-refractivity contribution in [1.82, 2.24) is 5.32 Å². The average molecular weight is 312 g/mol. The number of carbonyl (C=O) groups is 1. The summed E-state index contributed by atoms with van der Waals surface area (Å²) in [6.07, 6.45) is 1.37. The summed E-state index contributed by atoms with van der Waals surface area (Å²) in [5, 5.41) is 3.96. The number of hydrogen-bond acceptors (Lipinski definition) is 1. The van der Waals surface area contributed by atoms with Crippen LogP contribution in [0.2, 0.25) is 0 Å². The normalized spacial score (nSPS) is 14.0. The molecule has 0 aromatic heterocycles. The van der Waals surface area contributed by atoms with E-state index in [9.17, 15) is 4.79 Å². The van der Waals surface area contributed by atoms with Crippen molar-refractivity contribution in [3.8, 4) is 0 Å². The van der Waals surface area contributed by atoms with Gasteiger partial charge in [0, 0.05) is 17.8 Å². The van der Waals surface area contributed by atoms with Crippen molar-refractivity contribution in [3.63, 3.8) is 0 Å². The van der Waals surface area contributed by atoms with E-state index in [0.29, 0.717) is 12.3 Å². The van der Waals surface area contributed by atoms with Gasteiger partial charge in [-0.05, 0) is 37.3 Å². The van der Waals surface area contributed by atoms with Gasteiger partial charge in [0.25, 0.3) is 0 Å². The lowest BCUT2D eigenvalue weighted by molar-refractivity contribution is -0.121. The third-order valence-electron chi connectivity index (χ3n) is 3.37. The highest BCUT2D eigenvalue weighted by molar-refractivity contribution is 9.09. The molecule has 0 heterocycles. The number of benzene rings is 1. The number of rotatable bonds is 6. The number of carbonyl (C=O) groups excluding carboxylic acids is 1. The van der Waals surface area contributed by atoms with Crippen molar-refractivity contribution in [2.75, 3.05) is 5.33 Å². The van der Waals surface area contributed by atoms with Crippen LogP contribution in [0, 0.1) is 12.8 Å². The molecule has 0 aliphatic carbocycles. The van der Waals surface area contributed by atoms with Crippen LogP contribution >= 0.6 is 15.9 Å². The minimum Gasteiger partial charge on any atom is -0.353 e. The Morgan fingerprint density at radius 2 is 2.00 bits per heavy atom. The van der Waals surface area contributed by atoms with Crippen LogP contribution in [0.5, 0.6) is 0 Å². The monoisotopic (exact) mass is 311 g/mol. The summed E-state index contributed by atoms with van der Waals surface area (Å²) in [5.74, 6) is 0.589. The molecule has 1 amide bonds. The zero-order chi connectivity index (χ0) is 13.5. The fraction of sp³-hybridized carbons (Fsp3) is 0.533. The third kappa shape index (κ3) is 4.81. The first kappa shape index (κ1) is 15.2. The van der Waals surface area contributed by atoms with Crippen molar-refractivity contribution in [2.24, 2.45) is 5.92 Å². The second kappa shape index (κ2) is 7.57. The Kier molecular flexibility index (Phi) is 6.41. The van der Waals surface area contributed by atoms with Crippen LogP contribution in [0.1, 0.15) is 31.4 Å². The lowest BCUT2D eigenvalue weighted by Gasteiger charge is -2.19. The maximum Gasteiger partial charge on any atom is 0.220 e. The summed E-state index contributed by atoms with van der Waals surface area (Å²) in [7, 11) is 0. The summed E-state index contributed by atoms with van der Waals surface area (Å²) in [6, 6.07) is 8.44. The number of aryl methyl sites for hydroxylation is 2. The molecule has 1 aromatic carbocycles. The fourth-order valence-electron chi connectivity index (χ4n) is 1.74. The molecule has 0 fully saturated rings. The van der Waals surface area contributed by atoms with Crippen LogP contribution in [0.3, 0.4) is 0 Å². The van der Waals surface area contributed by atoms with Gasteiger partial charge in [-0.25, -0.2) is 0 Å². The average Bonchev–Trinajstić information content (AvgIpc) is 2.36. The van der Waals surface area contributed by atoms with Crippen LogP contribution in [0.15, 0.2) is 24.3 Å². The van der Waals surface area contributed by atoms with E-state index in [1.807, 2.05) is 12.1 Å². The molecule has 1 rings (SSSR count). The molecular formula is C15H22BrNO. The molecule has 0 aliphatic heterocycles. The van der Waals surface area contributed by atoms with Crippen LogP contribution < -0.4 is 5.32 Å². The van der Waals surface area contributed by atoms with Crippen molar-refractivity contribution in [3.05, 3.63) is 35.4 Å². The van der Waals surface area contributed by atoms with E-state index in [1.165, 1.54) is 11.1 Å². The number of amides is 1. The highest BCUT2D eigenvalue weighted by Crippen LogP contribution is 2.10. The predicted octanol–water partition coefficient (Wildman–Crippen LogP) is 3.46. The Bertz CT molecular complexity index is 392. The van der Waals surface area contributed by atoms with Gasteiger partial charge in [-0.15, -0.1) is 0 Å². The van der Waals surface area contributed by atoms with Gasteiger partial charge in [0.05, 0.1) is 0 Å². The van der Waals surface area contributed by atoms with Gasteiger partial charge in [0.2, 0.25) is 5.91 Å². The second-order valence-electron chi connectivity index (χ2n) is 4.91. The molecule has 18 heavy (non-hydrogen) atoms. The molecule has 0 bridgehead atoms. The first-order valence-electron chi connectivity index (χ1n) is 6.44. The molecule has 0 saturated carbocycles. The largest absolute Gasteiger partial charge is 0.353 e. The van der Waals surface area contributed by atoms with Gasteiger partial charge < -0.3 is 5.32 Å². The Balaban J connectivity index is 2.40. The summed E-state index contributed by atoms with van der Waals surface area (Å²) in [5.41, 5.74) is 2.51. The summed E-state index contributed by atoms with van der Waals surface area (Å²) < 4.78 is 0. The maximum atomic E-state index is 11.8. The quantitative estimate of drug-likeness (QED) is 0.801. The SMILES string of the molecule is Cc1ccccc1CCC(=O)NC(C)C(C)CBr. The van der Waals surface area contributed by atoms with E-state index >= 15 is 0 Å². The molecule has 2 nitrogen and oxygen atoms in total. The first-order valence-corrected chi connectivity index (χ1v) is 7.56. The van der Waals surface area contributed by atoms with E-state index in [-0.39, 0.29) is 11.9 Å². The Labute approximate surface area is 118 Å². The molecule has 1 aromatic rings. The second-order valence-corrected chi connectivity index (χ2v) is 5.56. The van der Waals surface area contributed by atoms with Crippen molar-refractivity contribution in [2.45, 2.75) is 39.7 Å². The highest BCUT2D eigenvalue weighted by atomic mass is 79.9. The minimum atomic E-state index is 0.138. The molecule has 100 valence electrons. The van der Waals surface area contributed by atoms with E-state index in [2.05, 4.69) is 54.2 Å². The number of halogens is 1. The molecular weight excluding hydrogens is 290 g/mol. The molecule has 2 unspecified atom stereocenters. The van der Waals surface area contributed by atoms with Crippen molar-refractivity contribution < 1.29 is 4.79 Å². The lowest BCUT2D eigenvalue weighted by atomic mass is 10.0. The molecule has 3 heteroatoms. The molecule has 0 spiro atoms. The highest BCUT2D eigenvalue weighted by Gasteiger charge is 2.13. The zero-order valence-corrected chi connectivity index (χ0v) is 13.0. The van der Waals surface area contributed by atoms with E-state index in [1.54, 1.807) is 0 Å². The Hall–Kier alpha value is -0.830. The van der Waals surface area contributed by atoms with E-state index < -0.39 is 0 Å². The Morgan fingerprint density at radius 1 is 1.33 bits per heavy atom. The molecule has 0 aliphatic rings. The third-order valence-corrected chi connectivity index (χ3v) is 4.39. The van der Waals surface area contributed by atoms with Crippen LogP contribution in [-0.4, -0.2) is 17.3 Å². The fourth-order valence-corrected chi connectivity index (χ4v) is 2.30. The standard InChI is InChI=1S/C15H22BrNO/c1-11-6-4-5-7-14(11)8-9-15(18)17-13(3)12(2)10-16/h4-7,12-13H,8-10H2,1-3H3,(H,17,18). The van der Waals surface area contributed by atoms with Gasteiger partial charge >= 0.3 is 0 Å². The van der Waals surface area contributed by atoms with E-state index in [0.717, 1.165) is 11.8 Å². The van der Waals surface area contributed by atoms with Crippen LogP contribution in [-0.2, 0) is 11.2 Å². The summed E-state index contributed by atoms with van der Waals surface area (Å²) in [6.45, 7) is 6.27. The topological polar surface area (TPSA) is 29.1 Å². The molecule has 1 N–H and O–H groups in total. The van der Waals surface area contributed by atoms with Crippen LogP contribution in [0.4, 0.5) is 0 Å². The van der Waals surface area contributed by atoms with Gasteiger partial charge in [-0.3, -0.25) is 4.79 Å². The van der Waals surface area contributed by atoms with Gasteiger partial charge in [-0.1, -0.05) is 47.1 Å². The van der Waals surface area contributed by atoms with Gasteiger partial charge in [0.1, 0.15) is 0 Å². The lowest BCUT2D eigenvalue weighted by Crippen LogP contribution is -2.37. The Morgan fingerprint density at radius 3 is 2.61 bits per heavy atom. The smallest absolute Gasteiger partial charge is 0.220 e. The molecule has 0 saturated heterocycles. The minimum absolute atomic E-state index is 0.138. The van der Waals surface area contributed by atoms with Gasteiger partial charge in [0.15, 0.2) is 0 Å². The maximum absolute atomic E-state index is 11.8. The molecule has 0 radical (unpaired) electrons. The van der Waals surface area contributed by atoms with Crippen molar-refractivity contribution in [1.29, 1.82) is 0 Å².